The van der Waals surface area contributed by atoms with Gasteiger partial charge in [0.25, 0.3) is 0 Å². The van der Waals surface area contributed by atoms with Crippen molar-refractivity contribution in [3.63, 3.8) is 0 Å². The maximum atomic E-state index is 15.2. The molecule has 1 aliphatic rings. The van der Waals surface area contributed by atoms with E-state index in [9.17, 15) is 18.0 Å². The SMILES string of the molecule is Cn1c(=O)n(CC2(C)CC2)c2ccc(-c3ccc(C(F)(F)F)cn3)c(F)c21. The van der Waals surface area contributed by atoms with Crippen molar-refractivity contribution < 1.29 is 17.6 Å². The Balaban J connectivity index is 1.83. The molecule has 4 nitrogen and oxygen atoms in total. The van der Waals surface area contributed by atoms with Crippen LogP contribution in [0.5, 0.6) is 0 Å². The summed E-state index contributed by atoms with van der Waals surface area (Å²) in [4.78, 5) is 16.3. The summed E-state index contributed by atoms with van der Waals surface area (Å²) in [6.07, 6.45) is -1.79. The van der Waals surface area contributed by atoms with Crippen LogP contribution < -0.4 is 5.69 Å². The molecule has 0 bridgehead atoms. The van der Waals surface area contributed by atoms with Gasteiger partial charge in [-0.25, -0.2) is 9.18 Å². The number of hydrogen-bond donors (Lipinski definition) is 0. The van der Waals surface area contributed by atoms with Gasteiger partial charge in [-0.1, -0.05) is 6.92 Å². The molecule has 2 heterocycles. The average Bonchev–Trinajstić information content (AvgIpc) is 3.29. The van der Waals surface area contributed by atoms with Crippen molar-refractivity contribution in [2.75, 3.05) is 0 Å². The lowest BCUT2D eigenvalue weighted by Crippen LogP contribution is -2.25. The van der Waals surface area contributed by atoms with Crippen LogP contribution in [0.25, 0.3) is 22.3 Å². The van der Waals surface area contributed by atoms with Gasteiger partial charge >= 0.3 is 11.9 Å². The molecule has 0 unspecified atom stereocenters. The number of pyridine rings is 1. The minimum absolute atomic E-state index is 0.0570. The molecule has 27 heavy (non-hydrogen) atoms. The molecule has 142 valence electrons. The largest absolute Gasteiger partial charge is 0.417 e. The van der Waals surface area contributed by atoms with Crippen LogP contribution in [0.15, 0.2) is 35.3 Å². The first kappa shape index (κ1) is 17.8. The predicted molar refractivity (Wildman–Crippen MR) is 92.7 cm³/mol. The Kier molecular flexibility index (Phi) is 3.73. The third-order valence-electron chi connectivity index (χ3n) is 5.25. The number of nitrogens with zero attached hydrogens (tertiary/aromatic N) is 3. The number of imidazole rings is 1. The van der Waals surface area contributed by atoms with Gasteiger partial charge in [-0.15, -0.1) is 0 Å². The van der Waals surface area contributed by atoms with Crippen molar-refractivity contribution in [3.8, 4) is 11.3 Å². The van der Waals surface area contributed by atoms with Crippen LogP contribution in [0.3, 0.4) is 0 Å². The number of halogens is 4. The summed E-state index contributed by atoms with van der Waals surface area (Å²) in [5.41, 5.74) is -0.411. The predicted octanol–water partition coefficient (Wildman–Crippen LogP) is 4.36. The third-order valence-corrected chi connectivity index (χ3v) is 5.25. The molecule has 3 aromatic rings. The standard InChI is InChI=1S/C19H17F4N3O/c1-18(7-8-18)10-26-14-6-4-12(15(20)16(14)25(2)17(26)27)13-5-3-11(9-24-13)19(21,22)23/h3-6,9H,7-8,10H2,1-2H3. The number of alkyl halides is 3. The zero-order chi connectivity index (χ0) is 19.6. The normalized spacial score (nSPS) is 16.1. The van der Waals surface area contributed by atoms with Gasteiger partial charge in [0, 0.05) is 25.4 Å². The second-order valence-electron chi connectivity index (χ2n) is 7.46. The van der Waals surface area contributed by atoms with Crippen LogP contribution in [0.2, 0.25) is 0 Å². The fraction of sp³-hybridized carbons (Fsp3) is 0.368. The van der Waals surface area contributed by atoms with E-state index in [4.69, 9.17) is 0 Å². The number of fused-ring (bicyclic) bond motifs is 1. The zero-order valence-corrected chi connectivity index (χ0v) is 14.8. The number of aromatic nitrogens is 3. The summed E-state index contributed by atoms with van der Waals surface area (Å²) in [6, 6.07) is 5.08. The van der Waals surface area contributed by atoms with Gasteiger partial charge in [-0.2, -0.15) is 13.2 Å². The fourth-order valence-corrected chi connectivity index (χ4v) is 3.30. The van der Waals surface area contributed by atoms with Gasteiger partial charge in [0.1, 0.15) is 5.52 Å². The molecular formula is C19H17F4N3O. The Morgan fingerprint density at radius 1 is 1.19 bits per heavy atom. The van der Waals surface area contributed by atoms with Crippen molar-refractivity contribution in [2.24, 2.45) is 12.5 Å². The van der Waals surface area contributed by atoms with Crippen LogP contribution in [0.4, 0.5) is 17.6 Å². The minimum atomic E-state index is -4.51. The first-order valence-corrected chi connectivity index (χ1v) is 8.52. The lowest BCUT2D eigenvalue weighted by atomic mass is 10.1. The summed E-state index contributed by atoms with van der Waals surface area (Å²) in [7, 11) is 1.49. The topological polar surface area (TPSA) is 39.8 Å². The zero-order valence-electron chi connectivity index (χ0n) is 14.8. The Morgan fingerprint density at radius 2 is 1.89 bits per heavy atom. The highest BCUT2D eigenvalue weighted by molar-refractivity contribution is 5.83. The van der Waals surface area contributed by atoms with Crippen molar-refractivity contribution in [2.45, 2.75) is 32.5 Å². The molecule has 0 spiro atoms. The fourth-order valence-electron chi connectivity index (χ4n) is 3.30. The quantitative estimate of drug-likeness (QED) is 0.635. The number of rotatable bonds is 3. The molecular weight excluding hydrogens is 362 g/mol. The molecule has 0 atom stereocenters. The molecule has 2 aromatic heterocycles. The maximum Gasteiger partial charge on any atom is 0.417 e. The second-order valence-corrected chi connectivity index (χ2v) is 7.46. The van der Waals surface area contributed by atoms with Crippen molar-refractivity contribution in [1.29, 1.82) is 0 Å². The van der Waals surface area contributed by atoms with E-state index in [1.807, 2.05) is 0 Å². The molecule has 8 heteroatoms. The van der Waals surface area contributed by atoms with Gasteiger partial charge < -0.3 is 0 Å². The van der Waals surface area contributed by atoms with Crippen LogP contribution in [0.1, 0.15) is 25.3 Å². The summed E-state index contributed by atoms with van der Waals surface area (Å²) >= 11 is 0. The Hall–Kier alpha value is -2.64. The van der Waals surface area contributed by atoms with Gasteiger partial charge in [0.05, 0.1) is 16.8 Å². The van der Waals surface area contributed by atoms with Crippen LogP contribution in [0, 0.1) is 11.2 Å². The minimum Gasteiger partial charge on any atom is -0.292 e. The van der Waals surface area contributed by atoms with Crippen molar-refractivity contribution in [3.05, 3.63) is 52.3 Å². The van der Waals surface area contributed by atoms with Crippen LogP contribution in [-0.2, 0) is 19.8 Å². The highest BCUT2D eigenvalue weighted by Crippen LogP contribution is 2.46. The smallest absolute Gasteiger partial charge is 0.292 e. The molecule has 1 fully saturated rings. The average molecular weight is 379 g/mol. The van der Waals surface area contributed by atoms with Crippen LogP contribution >= 0.6 is 0 Å². The van der Waals surface area contributed by atoms with Gasteiger partial charge in [0.2, 0.25) is 0 Å². The van der Waals surface area contributed by atoms with E-state index in [1.54, 1.807) is 10.6 Å². The second kappa shape index (κ2) is 5.68. The number of hydrogen-bond acceptors (Lipinski definition) is 2. The molecule has 0 amide bonds. The first-order chi connectivity index (χ1) is 12.6. The van der Waals surface area contributed by atoms with Crippen LogP contribution in [-0.4, -0.2) is 14.1 Å². The highest BCUT2D eigenvalue weighted by Gasteiger charge is 2.38. The first-order valence-electron chi connectivity index (χ1n) is 8.52. The lowest BCUT2D eigenvalue weighted by Gasteiger charge is -2.10. The summed E-state index contributed by atoms with van der Waals surface area (Å²) in [5.74, 6) is -0.668. The van der Waals surface area contributed by atoms with E-state index >= 15 is 4.39 Å². The molecule has 1 aromatic carbocycles. The number of benzene rings is 1. The van der Waals surface area contributed by atoms with E-state index in [2.05, 4.69) is 11.9 Å². The summed E-state index contributed by atoms with van der Waals surface area (Å²) < 4.78 is 56.0. The molecule has 0 N–H and O–H groups in total. The van der Waals surface area contributed by atoms with E-state index in [0.717, 1.165) is 25.0 Å². The Bertz CT molecular complexity index is 1090. The monoisotopic (exact) mass is 379 g/mol. The Morgan fingerprint density at radius 3 is 2.44 bits per heavy atom. The van der Waals surface area contributed by atoms with Gasteiger partial charge in [0.15, 0.2) is 5.82 Å². The van der Waals surface area contributed by atoms with E-state index in [0.29, 0.717) is 18.3 Å². The Labute approximate surface area is 152 Å². The molecule has 1 saturated carbocycles. The molecule has 0 radical (unpaired) electrons. The summed E-state index contributed by atoms with van der Waals surface area (Å²) in [6.45, 7) is 2.59. The highest BCUT2D eigenvalue weighted by atomic mass is 19.4. The van der Waals surface area contributed by atoms with E-state index in [1.165, 1.54) is 17.7 Å². The molecule has 0 aliphatic heterocycles. The lowest BCUT2D eigenvalue weighted by molar-refractivity contribution is -0.137. The van der Waals surface area contributed by atoms with Crippen molar-refractivity contribution >= 4 is 11.0 Å². The molecule has 1 aliphatic carbocycles. The molecule has 0 saturated heterocycles. The summed E-state index contributed by atoms with van der Waals surface area (Å²) in [5, 5.41) is 0. The van der Waals surface area contributed by atoms with Gasteiger partial charge in [-0.05, 0) is 42.5 Å². The van der Waals surface area contributed by atoms with Gasteiger partial charge in [-0.3, -0.25) is 14.1 Å². The molecule has 4 rings (SSSR count). The maximum absolute atomic E-state index is 15.2. The number of aryl methyl sites for hydroxylation is 1. The van der Waals surface area contributed by atoms with E-state index < -0.39 is 17.6 Å². The third kappa shape index (κ3) is 2.93. The van der Waals surface area contributed by atoms with Crippen molar-refractivity contribution in [1.82, 2.24) is 14.1 Å². The van der Waals surface area contributed by atoms with E-state index in [-0.39, 0.29) is 27.9 Å².